The number of hydrogen-bond acceptors (Lipinski definition) is 7. The van der Waals surface area contributed by atoms with E-state index in [0.717, 1.165) is 15.8 Å². The van der Waals surface area contributed by atoms with Gasteiger partial charge in [-0.25, -0.2) is 4.98 Å². The molecule has 3 aromatic heterocycles. The van der Waals surface area contributed by atoms with Crippen LogP contribution in [0.25, 0.3) is 16.0 Å². The molecule has 1 amide bonds. The number of benzene rings is 1. The third-order valence-electron chi connectivity index (χ3n) is 5.85. The fraction of sp³-hybridized carbons (Fsp3) is 0.192. The van der Waals surface area contributed by atoms with Gasteiger partial charge in [0.15, 0.2) is 5.13 Å². The molecule has 7 nitrogen and oxygen atoms in total. The Morgan fingerprint density at radius 1 is 1.03 bits per heavy atom. The van der Waals surface area contributed by atoms with Crippen LogP contribution < -0.4 is 4.90 Å². The second kappa shape index (κ2) is 8.14. The minimum Gasteiger partial charge on any atom is -0.507 e. The molecule has 4 aromatic rings. The summed E-state index contributed by atoms with van der Waals surface area (Å²) in [7, 11) is 0. The van der Waals surface area contributed by atoms with Crippen molar-refractivity contribution in [2.45, 2.75) is 32.2 Å². The topological polar surface area (TPSA) is 96.3 Å². The molecule has 8 heteroatoms. The highest BCUT2D eigenvalue weighted by Crippen LogP contribution is 2.44. The highest BCUT2D eigenvalue weighted by Gasteiger charge is 2.48. The molecule has 0 radical (unpaired) electrons. The summed E-state index contributed by atoms with van der Waals surface area (Å²) in [5.41, 5.74) is 2.86. The number of ketones is 1. The van der Waals surface area contributed by atoms with E-state index in [2.05, 4.69) is 41.8 Å². The lowest BCUT2D eigenvalue weighted by Gasteiger charge is -2.22. The molecule has 5 rings (SSSR count). The van der Waals surface area contributed by atoms with Crippen LogP contribution >= 0.6 is 11.3 Å². The van der Waals surface area contributed by atoms with Crippen molar-refractivity contribution in [2.75, 3.05) is 4.90 Å². The zero-order valence-electron chi connectivity index (χ0n) is 18.9. The summed E-state index contributed by atoms with van der Waals surface area (Å²) in [5.74, 6) is -1.76. The molecule has 1 aromatic carbocycles. The maximum absolute atomic E-state index is 13.3. The Labute approximate surface area is 200 Å². The van der Waals surface area contributed by atoms with Crippen molar-refractivity contribution >= 4 is 44.1 Å². The maximum atomic E-state index is 13.3. The zero-order valence-corrected chi connectivity index (χ0v) is 19.7. The first-order chi connectivity index (χ1) is 16.3. The number of aromatic nitrogens is 3. The van der Waals surface area contributed by atoms with E-state index in [9.17, 15) is 14.7 Å². The van der Waals surface area contributed by atoms with Gasteiger partial charge >= 0.3 is 5.91 Å². The average Bonchev–Trinajstić information content (AvgIpc) is 3.37. The number of aliphatic hydroxyl groups excluding tert-OH is 1. The number of Topliss-reactive ketones (excluding diaryl/α,β-unsaturated/α-hetero) is 1. The number of amides is 1. The van der Waals surface area contributed by atoms with Gasteiger partial charge in [-0.2, -0.15) is 0 Å². The lowest BCUT2D eigenvalue weighted by atomic mass is 9.87. The maximum Gasteiger partial charge on any atom is 0.301 e. The molecular formula is C26H22N4O3S. The summed E-state index contributed by atoms with van der Waals surface area (Å²) in [5, 5.41) is 11.5. The fourth-order valence-electron chi connectivity index (χ4n) is 4.03. The monoisotopic (exact) mass is 470 g/mol. The molecule has 170 valence electrons. The first kappa shape index (κ1) is 21.9. The van der Waals surface area contributed by atoms with Crippen LogP contribution in [-0.2, 0) is 15.0 Å². The van der Waals surface area contributed by atoms with E-state index in [-0.39, 0.29) is 16.7 Å². The number of fused-ring (bicyclic) bond motifs is 1. The minimum atomic E-state index is -0.857. The molecule has 0 saturated carbocycles. The van der Waals surface area contributed by atoms with Crippen molar-refractivity contribution in [3.8, 4) is 0 Å². The van der Waals surface area contributed by atoms with Crippen LogP contribution in [0.3, 0.4) is 0 Å². The van der Waals surface area contributed by atoms with Gasteiger partial charge in [0.25, 0.3) is 5.78 Å². The van der Waals surface area contributed by atoms with Crippen molar-refractivity contribution in [3.63, 3.8) is 0 Å². The number of rotatable bonds is 3. The lowest BCUT2D eigenvalue weighted by molar-refractivity contribution is -0.132. The van der Waals surface area contributed by atoms with Crippen LogP contribution in [0.1, 0.15) is 43.5 Å². The van der Waals surface area contributed by atoms with E-state index in [1.54, 1.807) is 36.7 Å². The van der Waals surface area contributed by atoms with E-state index >= 15 is 0 Å². The number of nitrogens with zero attached hydrogens (tertiary/aromatic N) is 4. The smallest absolute Gasteiger partial charge is 0.301 e. The highest BCUT2D eigenvalue weighted by atomic mass is 32.1. The standard InChI is InChI=1S/C26H22N4O3S/c1-26(2,3)17-6-7-18-19(13-17)34-25(29-18)30-21(16-5-4-10-28-14-16)20(23(32)24(30)33)22(31)15-8-11-27-12-9-15/h4-14,21,31H,1-3H3/b22-20+. The second-order valence-corrected chi connectivity index (χ2v) is 10.1. The van der Waals surface area contributed by atoms with E-state index in [4.69, 9.17) is 0 Å². The fourth-order valence-corrected chi connectivity index (χ4v) is 5.06. The quantitative estimate of drug-likeness (QED) is 0.257. The molecule has 1 fully saturated rings. The van der Waals surface area contributed by atoms with Crippen LogP contribution in [0.5, 0.6) is 0 Å². The van der Waals surface area contributed by atoms with Gasteiger partial charge in [0.2, 0.25) is 0 Å². The molecule has 0 bridgehead atoms. The number of pyridine rings is 2. The summed E-state index contributed by atoms with van der Waals surface area (Å²) < 4.78 is 0.920. The van der Waals surface area contributed by atoms with Crippen LogP contribution in [0.2, 0.25) is 0 Å². The van der Waals surface area contributed by atoms with Gasteiger partial charge in [-0.1, -0.05) is 44.2 Å². The molecular weight excluding hydrogens is 448 g/mol. The number of anilines is 1. The summed E-state index contributed by atoms with van der Waals surface area (Å²) >= 11 is 1.35. The van der Waals surface area contributed by atoms with E-state index in [0.29, 0.717) is 16.3 Å². The van der Waals surface area contributed by atoms with Gasteiger partial charge in [-0.15, -0.1) is 0 Å². The van der Waals surface area contributed by atoms with E-state index in [1.807, 2.05) is 12.1 Å². The molecule has 0 aliphatic carbocycles. The molecule has 34 heavy (non-hydrogen) atoms. The Balaban J connectivity index is 1.70. The van der Waals surface area contributed by atoms with E-state index in [1.165, 1.54) is 28.6 Å². The number of carbonyl (C=O) groups excluding carboxylic acids is 2. The normalized spacial score (nSPS) is 18.1. The minimum absolute atomic E-state index is 0.00108. The van der Waals surface area contributed by atoms with Crippen LogP contribution in [0, 0.1) is 0 Å². The Bertz CT molecular complexity index is 1440. The molecule has 1 saturated heterocycles. The molecule has 1 aliphatic heterocycles. The van der Waals surface area contributed by atoms with Gasteiger partial charge in [0.1, 0.15) is 5.76 Å². The summed E-state index contributed by atoms with van der Waals surface area (Å²) in [6.45, 7) is 6.41. The predicted octanol–water partition coefficient (Wildman–Crippen LogP) is 5.01. The Kier molecular flexibility index (Phi) is 5.25. The molecule has 0 spiro atoms. The summed E-state index contributed by atoms with van der Waals surface area (Å²) in [6, 6.07) is 11.9. The molecule has 1 unspecified atom stereocenters. The predicted molar refractivity (Wildman–Crippen MR) is 132 cm³/mol. The van der Waals surface area contributed by atoms with Crippen LogP contribution in [-0.4, -0.2) is 31.7 Å². The largest absolute Gasteiger partial charge is 0.507 e. The summed E-state index contributed by atoms with van der Waals surface area (Å²) in [6.07, 6.45) is 6.24. The number of carbonyl (C=O) groups is 2. The van der Waals surface area contributed by atoms with Crippen LogP contribution in [0.4, 0.5) is 5.13 Å². The number of thiazole rings is 1. The third kappa shape index (κ3) is 3.66. The van der Waals surface area contributed by atoms with Gasteiger partial charge in [0, 0.05) is 30.4 Å². The van der Waals surface area contributed by atoms with Crippen LogP contribution in [0.15, 0.2) is 72.8 Å². The van der Waals surface area contributed by atoms with Crippen molar-refractivity contribution < 1.29 is 14.7 Å². The Hall–Kier alpha value is -3.91. The lowest BCUT2D eigenvalue weighted by Crippen LogP contribution is -2.29. The van der Waals surface area contributed by atoms with Gasteiger partial charge in [-0.3, -0.25) is 24.5 Å². The van der Waals surface area contributed by atoms with Crippen molar-refractivity contribution in [1.82, 2.24) is 15.0 Å². The Morgan fingerprint density at radius 3 is 2.47 bits per heavy atom. The Morgan fingerprint density at radius 2 is 1.79 bits per heavy atom. The first-order valence-electron chi connectivity index (χ1n) is 10.8. The average molecular weight is 471 g/mol. The molecule has 1 atom stereocenters. The van der Waals surface area contributed by atoms with Crippen molar-refractivity contribution in [3.05, 3.63) is 89.5 Å². The molecule has 4 heterocycles. The SMILES string of the molecule is CC(C)(C)c1ccc2nc(N3C(=O)C(=O)/C(=C(/O)c4ccncc4)C3c3cccnc3)sc2c1. The molecule has 1 N–H and O–H groups in total. The van der Waals surface area contributed by atoms with Gasteiger partial charge in [0.05, 0.1) is 21.8 Å². The summed E-state index contributed by atoms with van der Waals surface area (Å²) in [4.78, 5) is 40.7. The van der Waals surface area contributed by atoms with Crippen molar-refractivity contribution in [2.24, 2.45) is 0 Å². The third-order valence-corrected chi connectivity index (χ3v) is 6.87. The van der Waals surface area contributed by atoms with Gasteiger partial charge < -0.3 is 5.11 Å². The second-order valence-electron chi connectivity index (χ2n) is 9.12. The highest BCUT2D eigenvalue weighted by molar-refractivity contribution is 7.22. The van der Waals surface area contributed by atoms with Crippen molar-refractivity contribution in [1.29, 1.82) is 0 Å². The number of aliphatic hydroxyl groups is 1. The number of hydrogen-bond donors (Lipinski definition) is 1. The zero-order chi connectivity index (χ0) is 24.0. The van der Waals surface area contributed by atoms with E-state index < -0.39 is 17.7 Å². The van der Waals surface area contributed by atoms with Gasteiger partial charge in [-0.05, 0) is 46.9 Å². The molecule has 1 aliphatic rings. The first-order valence-corrected chi connectivity index (χ1v) is 11.6.